The lowest BCUT2D eigenvalue weighted by atomic mass is 10.1. The first kappa shape index (κ1) is 17.3. The van der Waals surface area contributed by atoms with Crippen LogP contribution in [-0.4, -0.2) is 43.0 Å². The normalized spacial score (nSPS) is 10.2. The Balaban J connectivity index is 2.37. The Labute approximate surface area is 139 Å². The number of esters is 1. The van der Waals surface area contributed by atoms with E-state index < -0.39 is 11.9 Å². The first-order chi connectivity index (χ1) is 11.5. The van der Waals surface area contributed by atoms with Gasteiger partial charge in [-0.1, -0.05) is 6.07 Å². The molecular formula is C16H19N3O5. The van der Waals surface area contributed by atoms with Crippen molar-refractivity contribution in [1.29, 1.82) is 0 Å². The third kappa shape index (κ3) is 3.32. The number of nitrogens with one attached hydrogen (secondary N) is 1. The standard InChI is InChI=1S/C16H19N3O5/c1-5-19-9-11(13(18-19)16(21)24-4)17-15(20)10-7-6-8-12(22-2)14(10)23-3/h6-9H,5H2,1-4H3,(H,17,20). The van der Waals surface area contributed by atoms with E-state index in [1.54, 1.807) is 24.4 Å². The van der Waals surface area contributed by atoms with Gasteiger partial charge in [0, 0.05) is 12.7 Å². The van der Waals surface area contributed by atoms with E-state index in [0.29, 0.717) is 18.0 Å². The van der Waals surface area contributed by atoms with Gasteiger partial charge in [0.05, 0.1) is 32.6 Å². The largest absolute Gasteiger partial charge is 0.493 e. The fourth-order valence-electron chi connectivity index (χ4n) is 2.18. The number of aromatic nitrogens is 2. The third-order valence-corrected chi connectivity index (χ3v) is 3.36. The Morgan fingerprint density at radius 2 is 1.96 bits per heavy atom. The van der Waals surface area contributed by atoms with Crippen molar-refractivity contribution in [3.63, 3.8) is 0 Å². The van der Waals surface area contributed by atoms with E-state index in [1.807, 2.05) is 6.92 Å². The lowest BCUT2D eigenvalue weighted by Crippen LogP contribution is -2.16. The number of benzene rings is 1. The van der Waals surface area contributed by atoms with E-state index >= 15 is 0 Å². The van der Waals surface area contributed by atoms with Crippen LogP contribution in [0.4, 0.5) is 5.69 Å². The number of hydrogen-bond acceptors (Lipinski definition) is 6. The molecule has 0 saturated heterocycles. The lowest BCUT2D eigenvalue weighted by molar-refractivity contribution is 0.0594. The van der Waals surface area contributed by atoms with Gasteiger partial charge in [-0.25, -0.2) is 4.79 Å². The van der Waals surface area contributed by atoms with E-state index in [0.717, 1.165) is 0 Å². The van der Waals surface area contributed by atoms with Crippen LogP contribution in [0.1, 0.15) is 27.8 Å². The van der Waals surface area contributed by atoms with Crippen LogP contribution in [0.25, 0.3) is 0 Å². The van der Waals surface area contributed by atoms with Crippen molar-refractivity contribution in [1.82, 2.24) is 9.78 Å². The Morgan fingerprint density at radius 3 is 2.54 bits per heavy atom. The molecular weight excluding hydrogens is 314 g/mol. The molecule has 0 aliphatic rings. The van der Waals surface area contributed by atoms with Crippen LogP contribution >= 0.6 is 0 Å². The molecule has 0 atom stereocenters. The van der Waals surface area contributed by atoms with Crippen LogP contribution in [0.2, 0.25) is 0 Å². The topological polar surface area (TPSA) is 91.7 Å². The summed E-state index contributed by atoms with van der Waals surface area (Å²) in [5.41, 5.74) is 0.574. The van der Waals surface area contributed by atoms with Crippen molar-refractivity contribution in [3.8, 4) is 11.5 Å². The number of carbonyl (C=O) groups excluding carboxylic acids is 2. The van der Waals surface area contributed by atoms with E-state index in [9.17, 15) is 9.59 Å². The molecule has 24 heavy (non-hydrogen) atoms. The average Bonchev–Trinajstić information content (AvgIpc) is 3.02. The van der Waals surface area contributed by atoms with Gasteiger partial charge in [-0.2, -0.15) is 5.10 Å². The van der Waals surface area contributed by atoms with Gasteiger partial charge in [-0.15, -0.1) is 0 Å². The zero-order chi connectivity index (χ0) is 17.7. The molecule has 0 radical (unpaired) electrons. The highest BCUT2D eigenvalue weighted by Crippen LogP contribution is 2.31. The molecule has 0 fully saturated rings. The van der Waals surface area contributed by atoms with Crippen LogP contribution in [0.5, 0.6) is 11.5 Å². The minimum Gasteiger partial charge on any atom is -0.493 e. The summed E-state index contributed by atoms with van der Waals surface area (Å²) in [4.78, 5) is 24.4. The summed E-state index contributed by atoms with van der Waals surface area (Å²) < 4.78 is 16.7. The summed E-state index contributed by atoms with van der Waals surface area (Å²) in [5, 5.41) is 6.76. The van der Waals surface area contributed by atoms with E-state index in [2.05, 4.69) is 10.4 Å². The Hall–Kier alpha value is -3.03. The molecule has 1 heterocycles. The van der Waals surface area contributed by atoms with E-state index in [1.165, 1.54) is 26.0 Å². The molecule has 0 saturated carbocycles. The highest BCUT2D eigenvalue weighted by atomic mass is 16.5. The van der Waals surface area contributed by atoms with Crippen LogP contribution in [-0.2, 0) is 11.3 Å². The second-order valence-electron chi connectivity index (χ2n) is 4.73. The number of carbonyl (C=O) groups is 2. The van der Waals surface area contributed by atoms with Gasteiger partial charge < -0.3 is 19.5 Å². The molecule has 0 aliphatic carbocycles. The molecule has 2 rings (SSSR count). The number of ether oxygens (including phenoxy) is 3. The Morgan fingerprint density at radius 1 is 1.21 bits per heavy atom. The van der Waals surface area contributed by atoms with Crippen LogP contribution in [0.3, 0.4) is 0 Å². The van der Waals surface area contributed by atoms with Gasteiger partial charge in [0.15, 0.2) is 17.2 Å². The number of para-hydroxylation sites is 1. The molecule has 0 bridgehead atoms. The molecule has 8 heteroatoms. The predicted molar refractivity (Wildman–Crippen MR) is 86.7 cm³/mol. The number of hydrogen-bond donors (Lipinski definition) is 1. The van der Waals surface area contributed by atoms with Crippen molar-refractivity contribution in [2.45, 2.75) is 13.5 Å². The molecule has 128 valence electrons. The Kier molecular flexibility index (Phi) is 5.41. The van der Waals surface area contributed by atoms with Gasteiger partial charge in [-0.05, 0) is 19.1 Å². The third-order valence-electron chi connectivity index (χ3n) is 3.36. The van der Waals surface area contributed by atoms with Crippen LogP contribution < -0.4 is 14.8 Å². The maximum absolute atomic E-state index is 12.6. The summed E-state index contributed by atoms with van der Waals surface area (Å²) in [7, 11) is 4.19. The van der Waals surface area contributed by atoms with Gasteiger partial charge in [0.1, 0.15) is 0 Å². The minimum absolute atomic E-state index is 0.0366. The van der Waals surface area contributed by atoms with Crippen molar-refractivity contribution in [2.24, 2.45) is 0 Å². The number of methoxy groups -OCH3 is 3. The summed E-state index contributed by atoms with van der Waals surface area (Å²) in [6.45, 7) is 2.41. The van der Waals surface area contributed by atoms with Gasteiger partial charge in [0.25, 0.3) is 5.91 Å². The van der Waals surface area contributed by atoms with Crippen LogP contribution in [0, 0.1) is 0 Å². The molecule has 0 unspecified atom stereocenters. The van der Waals surface area contributed by atoms with Crippen molar-refractivity contribution >= 4 is 17.6 Å². The average molecular weight is 333 g/mol. The summed E-state index contributed by atoms with van der Waals surface area (Å²) in [5.74, 6) is -0.343. The summed E-state index contributed by atoms with van der Waals surface area (Å²) >= 11 is 0. The zero-order valence-electron chi connectivity index (χ0n) is 14.0. The predicted octanol–water partition coefficient (Wildman–Crippen LogP) is 1.96. The maximum Gasteiger partial charge on any atom is 0.360 e. The molecule has 1 amide bonds. The van der Waals surface area contributed by atoms with Gasteiger partial charge >= 0.3 is 5.97 Å². The second kappa shape index (κ2) is 7.49. The highest BCUT2D eigenvalue weighted by Gasteiger charge is 2.22. The minimum atomic E-state index is -0.630. The summed E-state index contributed by atoms with van der Waals surface area (Å²) in [6.07, 6.45) is 1.57. The van der Waals surface area contributed by atoms with Crippen molar-refractivity contribution in [2.75, 3.05) is 26.6 Å². The SMILES string of the molecule is CCn1cc(NC(=O)c2cccc(OC)c2OC)c(C(=O)OC)n1. The number of amides is 1. The van der Waals surface area contributed by atoms with Gasteiger partial charge in [-0.3, -0.25) is 9.48 Å². The molecule has 1 aromatic heterocycles. The molecule has 1 N–H and O–H groups in total. The molecule has 1 aromatic carbocycles. The molecule has 8 nitrogen and oxygen atoms in total. The highest BCUT2D eigenvalue weighted by molar-refractivity contribution is 6.09. The number of rotatable bonds is 6. The maximum atomic E-state index is 12.6. The van der Waals surface area contributed by atoms with Crippen molar-refractivity contribution in [3.05, 3.63) is 35.7 Å². The fourth-order valence-corrected chi connectivity index (χ4v) is 2.18. The number of aryl methyl sites for hydroxylation is 1. The Bertz CT molecular complexity index is 754. The van der Waals surface area contributed by atoms with E-state index in [-0.39, 0.29) is 16.9 Å². The number of nitrogens with zero attached hydrogens (tertiary/aromatic N) is 2. The smallest absolute Gasteiger partial charge is 0.360 e. The van der Waals surface area contributed by atoms with Crippen molar-refractivity contribution < 1.29 is 23.8 Å². The van der Waals surface area contributed by atoms with E-state index in [4.69, 9.17) is 14.2 Å². The molecule has 0 spiro atoms. The zero-order valence-corrected chi connectivity index (χ0v) is 14.0. The lowest BCUT2D eigenvalue weighted by Gasteiger charge is -2.12. The fraction of sp³-hybridized carbons (Fsp3) is 0.312. The first-order valence-corrected chi connectivity index (χ1v) is 7.23. The second-order valence-corrected chi connectivity index (χ2v) is 4.73. The summed E-state index contributed by atoms with van der Waals surface area (Å²) in [6, 6.07) is 4.95. The molecule has 2 aromatic rings. The van der Waals surface area contributed by atoms with Gasteiger partial charge in [0.2, 0.25) is 0 Å². The van der Waals surface area contributed by atoms with Crippen LogP contribution in [0.15, 0.2) is 24.4 Å². The number of anilines is 1. The quantitative estimate of drug-likeness (QED) is 0.813. The first-order valence-electron chi connectivity index (χ1n) is 7.23. The monoisotopic (exact) mass is 333 g/mol. The molecule has 0 aliphatic heterocycles.